The van der Waals surface area contributed by atoms with E-state index >= 15 is 0 Å². The van der Waals surface area contributed by atoms with Crippen LogP contribution in [-0.4, -0.2) is 10.7 Å². The number of alkyl halides is 3. The van der Waals surface area contributed by atoms with E-state index in [0.717, 1.165) is 9.04 Å². The van der Waals surface area contributed by atoms with Crippen LogP contribution in [0.3, 0.4) is 0 Å². The van der Waals surface area contributed by atoms with Crippen LogP contribution in [-0.2, 0) is 6.54 Å². The first-order valence-electron chi connectivity index (χ1n) is 4.37. The van der Waals surface area contributed by atoms with E-state index in [1.54, 1.807) is 18.2 Å². The third-order valence-corrected chi connectivity index (χ3v) is 2.87. The highest BCUT2D eigenvalue weighted by Gasteiger charge is 2.28. The van der Waals surface area contributed by atoms with Crippen LogP contribution in [0, 0.1) is 0 Å². The molecule has 0 saturated heterocycles. The summed E-state index contributed by atoms with van der Waals surface area (Å²) in [6.07, 6.45) is -2.86. The summed E-state index contributed by atoms with van der Waals surface area (Å²) in [5, 5.41) is 0.988. The van der Waals surface area contributed by atoms with Gasteiger partial charge in [-0.2, -0.15) is 13.2 Å². The van der Waals surface area contributed by atoms with Crippen LogP contribution in [0.5, 0.6) is 0 Å². The van der Waals surface area contributed by atoms with Crippen molar-refractivity contribution in [2.24, 2.45) is 0 Å². The Balaban J connectivity index is 2.56. The van der Waals surface area contributed by atoms with Gasteiger partial charge in [0.1, 0.15) is 6.54 Å². The van der Waals surface area contributed by atoms with Gasteiger partial charge in [-0.25, -0.2) is 0 Å². The maximum absolute atomic E-state index is 12.3. The lowest BCUT2D eigenvalue weighted by Gasteiger charge is -2.10. The van der Waals surface area contributed by atoms with Crippen LogP contribution < -0.4 is 0 Å². The maximum atomic E-state index is 12.3. The fraction of sp³-hybridized carbons (Fsp3) is 0.200. The number of nitrogens with zero attached hydrogens (tertiary/aromatic N) is 1. The second kappa shape index (κ2) is 3.96. The Labute approximate surface area is 103 Å². The van der Waals surface area contributed by atoms with E-state index in [0.29, 0.717) is 15.9 Å². The first-order valence-corrected chi connectivity index (χ1v) is 5.54. The van der Waals surface area contributed by atoms with Crippen LogP contribution in [0.2, 0.25) is 5.02 Å². The van der Waals surface area contributed by atoms with Gasteiger partial charge in [-0.1, -0.05) is 27.5 Å². The summed E-state index contributed by atoms with van der Waals surface area (Å²) in [5.74, 6) is 0. The van der Waals surface area contributed by atoms with Gasteiger partial charge in [-0.05, 0) is 18.2 Å². The van der Waals surface area contributed by atoms with E-state index in [4.69, 9.17) is 11.6 Å². The molecular formula is C10H6BrClF3N. The molecule has 0 amide bonds. The lowest BCUT2D eigenvalue weighted by atomic mass is 10.2. The van der Waals surface area contributed by atoms with Gasteiger partial charge in [0, 0.05) is 16.1 Å². The molecule has 0 spiro atoms. The van der Waals surface area contributed by atoms with Gasteiger partial charge < -0.3 is 4.57 Å². The van der Waals surface area contributed by atoms with E-state index in [9.17, 15) is 13.2 Å². The van der Waals surface area contributed by atoms with Crippen molar-refractivity contribution in [3.63, 3.8) is 0 Å². The number of fused-ring (bicyclic) bond motifs is 1. The standard InChI is InChI=1S/C10H6BrClF3N/c11-7-3-6-1-2-16(5-10(13,14)15)9(6)8(12)4-7/h1-4H,5H2. The van der Waals surface area contributed by atoms with Gasteiger partial charge in [0.15, 0.2) is 0 Å². The van der Waals surface area contributed by atoms with Gasteiger partial charge in [0.2, 0.25) is 0 Å². The normalized spacial score (nSPS) is 12.3. The van der Waals surface area contributed by atoms with Gasteiger partial charge in [0.25, 0.3) is 0 Å². The van der Waals surface area contributed by atoms with Crippen LogP contribution in [0.25, 0.3) is 10.9 Å². The minimum Gasteiger partial charge on any atom is -0.337 e. The van der Waals surface area contributed by atoms with E-state index in [-0.39, 0.29) is 0 Å². The molecule has 0 aliphatic carbocycles. The Morgan fingerprint density at radius 1 is 1.31 bits per heavy atom. The van der Waals surface area contributed by atoms with Crippen molar-refractivity contribution in [3.05, 3.63) is 33.9 Å². The van der Waals surface area contributed by atoms with Crippen molar-refractivity contribution in [1.82, 2.24) is 4.57 Å². The van der Waals surface area contributed by atoms with Crippen molar-refractivity contribution in [2.75, 3.05) is 0 Å². The fourth-order valence-corrected chi connectivity index (χ4v) is 2.53. The summed E-state index contributed by atoms with van der Waals surface area (Å²) in [7, 11) is 0. The summed E-state index contributed by atoms with van der Waals surface area (Å²) in [6, 6.07) is 4.92. The second-order valence-electron chi connectivity index (χ2n) is 3.38. The van der Waals surface area contributed by atoms with Crippen LogP contribution in [0.1, 0.15) is 0 Å². The van der Waals surface area contributed by atoms with E-state index in [2.05, 4.69) is 15.9 Å². The first-order chi connectivity index (χ1) is 7.37. The minimum absolute atomic E-state index is 0.304. The van der Waals surface area contributed by atoms with E-state index < -0.39 is 12.7 Å². The number of hydrogen-bond donors (Lipinski definition) is 0. The monoisotopic (exact) mass is 311 g/mol. The molecule has 0 radical (unpaired) electrons. The molecule has 6 heteroatoms. The topological polar surface area (TPSA) is 4.93 Å². The van der Waals surface area contributed by atoms with Crippen molar-refractivity contribution >= 4 is 38.4 Å². The molecule has 0 atom stereocenters. The Kier molecular flexibility index (Phi) is 2.92. The van der Waals surface area contributed by atoms with E-state index in [1.807, 2.05) is 0 Å². The average molecular weight is 313 g/mol. The molecule has 1 aromatic carbocycles. The average Bonchev–Trinajstić information content (AvgIpc) is 2.44. The van der Waals surface area contributed by atoms with Crippen molar-refractivity contribution in [3.8, 4) is 0 Å². The van der Waals surface area contributed by atoms with E-state index in [1.165, 1.54) is 6.20 Å². The lowest BCUT2D eigenvalue weighted by Crippen LogP contribution is -2.16. The van der Waals surface area contributed by atoms with Crippen molar-refractivity contribution in [1.29, 1.82) is 0 Å². The molecule has 0 saturated carbocycles. The van der Waals surface area contributed by atoms with Gasteiger partial charge in [-0.3, -0.25) is 0 Å². The third kappa shape index (κ3) is 2.35. The molecule has 0 bridgehead atoms. The second-order valence-corrected chi connectivity index (χ2v) is 4.71. The molecule has 1 aromatic heterocycles. The number of hydrogen-bond acceptors (Lipinski definition) is 0. The van der Waals surface area contributed by atoms with Gasteiger partial charge >= 0.3 is 6.18 Å². The molecule has 0 aliphatic rings. The number of aromatic nitrogens is 1. The van der Waals surface area contributed by atoms with Gasteiger partial charge in [0.05, 0.1) is 10.5 Å². The zero-order valence-electron chi connectivity index (χ0n) is 7.85. The summed E-state index contributed by atoms with van der Waals surface area (Å²) in [6.45, 7) is -1.03. The lowest BCUT2D eigenvalue weighted by molar-refractivity contribution is -0.139. The van der Waals surface area contributed by atoms with Crippen LogP contribution in [0.15, 0.2) is 28.9 Å². The Morgan fingerprint density at radius 3 is 2.62 bits per heavy atom. The SMILES string of the molecule is FC(F)(F)Cn1ccc2cc(Br)cc(Cl)c21. The molecule has 2 rings (SSSR count). The zero-order valence-corrected chi connectivity index (χ0v) is 10.2. The first kappa shape index (κ1) is 11.8. The smallest absolute Gasteiger partial charge is 0.337 e. The molecule has 1 heterocycles. The number of rotatable bonds is 1. The molecule has 0 unspecified atom stereocenters. The quantitative estimate of drug-likeness (QED) is 0.724. The van der Waals surface area contributed by atoms with Gasteiger partial charge in [-0.15, -0.1) is 0 Å². The summed E-state index contributed by atoms with van der Waals surface area (Å²) < 4.78 is 38.7. The number of halogens is 5. The molecule has 1 nitrogen and oxygen atoms in total. The predicted molar refractivity (Wildman–Crippen MR) is 60.7 cm³/mol. The third-order valence-electron chi connectivity index (χ3n) is 2.13. The Morgan fingerprint density at radius 2 is 2.00 bits per heavy atom. The van der Waals surface area contributed by atoms with Crippen molar-refractivity contribution in [2.45, 2.75) is 12.7 Å². The highest BCUT2D eigenvalue weighted by molar-refractivity contribution is 9.10. The maximum Gasteiger partial charge on any atom is 0.406 e. The number of benzene rings is 1. The molecule has 0 fully saturated rings. The summed E-state index contributed by atoms with van der Waals surface area (Å²) >= 11 is 9.16. The molecule has 86 valence electrons. The molecule has 0 aliphatic heterocycles. The summed E-state index contributed by atoms with van der Waals surface area (Å²) in [4.78, 5) is 0. The summed E-state index contributed by atoms with van der Waals surface area (Å²) in [5.41, 5.74) is 0.405. The van der Waals surface area contributed by atoms with Crippen molar-refractivity contribution < 1.29 is 13.2 Å². The fourth-order valence-electron chi connectivity index (χ4n) is 1.59. The highest BCUT2D eigenvalue weighted by atomic mass is 79.9. The largest absolute Gasteiger partial charge is 0.406 e. The molecule has 0 N–H and O–H groups in total. The van der Waals surface area contributed by atoms with Crippen LogP contribution >= 0.6 is 27.5 Å². The minimum atomic E-state index is -4.25. The molecule has 2 aromatic rings. The highest BCUT2D eigenvalue weighted by Crippen LogP contribution is 2.30. The molecule has 16 heavy (non-hydrogen) atoms. The Hall–Kier alpha value is -0.680. The zero-order chi connectivity index (χ0) is 11.9. The molecular weight excluding hydrogens is 306 g/mol. The predicted octanol–water partition coefficient (Wildman–Crippen LogP) is 4.62. The Bertz CT molecular complexity index is 533. The van der Waals surface area contributed by atoms with Crippen LogP contribution in [0.4, 0.5) is 13.2 Å².